The molecule has 3 rings (SSSR count). The maximum Gasteiger partial charge on any atom is 0.410 e. The summed E-state index contributed by atoms with van der Waals surface area (Å²) in [5, 5.41) is 14.3. The van der Waals surface area contributed by atoms with Crippen LogP contribution in [0, 0.1) is 17.0 Å². The fraction of sp³-hybridized carbons (Fsp3) is 0.474. The van der Waals surface area contributed by atoms with Crippen LogP contribution in [0.5, 0.6) is 0 Å². The number of nitrogens with one attached hydrogen (secondary N) is 1. The SMILES string of the molecule is Cc1nccc(Nc2nc(N3CCN(C(=O)OC(C)(C)C)CC3)ccc2[N+](=O)[O-])n1. The van der Waals surface area contributed by atoms with Crippen molar-refractivity contribution in [1.29, 1.82) is 0 Å². The largest absolute Gasteiger partial charge is 0.444 e. The first-order valence-corrected chi connectivity index (χ1v) is 9.57. The minimum Gasteiger partial charge on any atom is -0.444 e. The highest BCUT2D eigenvalue weighted by Gasteiger charge is 2.27. The van der Waals surface area contributed by atoms with Gasteiger partial charge in [0.25, 0.3) is 0 Å². The number of anilines is 3. The van der Waals surface area contributed by atoms with Gasteiger partial charge in [-0.1, -0.05) is 0 Å². The van der Waals surface area contributed by atoms with Crippen LogP contribution in [0.25, 0.3) is 0 Å². The van der Waals surface area contributed by atoms with E-state index in [0.717, 1.165) is 0 Å². The van der Waals surface area contributed by atoms with E-state index in [0.29, 0.717) is 43.6 Å². The maximum absolute atomic E-state index is 12.2. The van der Waals surface area contributed by atoms with E-state index >= 15 is 0 Å². The van der Waals surface area contributed by atoms with Gasteiger partial charge < -0.3 is 19.9 Å². The fourth-order valence-corrected chi connectivity index (χ4v) is 2.95. The van der Waals surface area contributed by atoms with Gasteiger partial charge in [0.1, 0.15) is 23.1 Å². The number of nitrogens with zero attached hydrogens (tertiary/aromatic N) is 6. The van der Waals surface area contributed by atoms with E-state index in [2.05, 4.69) is 20.3 Å². The molecule has 160 valence electrons. The molecule has 2 aromatic heterocycles. The standard InChI is InChI=1S/C19H25N7O4/c1-13-20-8-7-15(21-13)22-17-14(26(28)29)5-6-16(23-17)24-9-11-25(12-10-24)18(27)30-19(2,3)4/h5-8H,9-12H2,1-4H3,(H,20,21,22,23). The van der Waals surface area contributed by atoms with Gasteiger partial charge in [0.05, 0.1) is 4.92 Å². The number of hydrogen-bond donors (Lipinski definition) is 1. The minimum absolute atomic E-state index is 0.102. The molecule has 0 bridgehead atoms. The Labute approximate surface area is 174 Å². The summed E-state index contributed by atoms with van der Waals surface area (Å²) in [5.74, 6) is 1.64. The van der Waals surface area contributed by atoms with Crippen LogP contribution in [0.2, 0.25) is 0 Å². The van der Waals surface area contributed by atoms with Gasteiger partial charge in [0, 0.05) is 38.4 Å². The zero-order valence-corrected chi connectivity index (χ0v) is 17.5. The van der Waals surface area contributed by atoms with Crippen LogP contribution in [0.4, 0.5) is 27.9 Å². The van der Waals surface area contributed by atoms with Crippen LogP contribution in [0.1, 0.15) is 26.6 Å². The summed E-state index contributed by atoms with van der Waals surface area (Å²) in [4.78, 5) is 39.5. The van der Waals surface area contributed by atoms with Crippen molar-refractivity contribution < 1.29 is 14.5 Å². The van der Waals surface area contributed by atoms with Crippen LogP contribution in [0.15, 0.2) is 24.4 Å². The highest BCUT2D eigenvalue weighted by molar-refractivity contribution is 5.69. The normalized spacial score (nSPS) is 14.4. The van der Waals surface area contributed by atoms with Crippen LogP contribution in [-0.2, 0) is 4.74 Å². The number of hydrogen-bond acceptors (Lipinski definition) is 9. The monoisotopic (exact) mass is 415 g/mol. The van der Waals surface area contributed by atoms with Crippen LogP contribution >= 0.6 is 0 Å². The third kappa shape index (κ3) is 5.31. The lowest BCUT2D eigenvalue weighted by atomic mass is 10.2. The molecule has 3 heterocycles. The van der Waals surface area contributed by atoms with Gasteiger partial charge in [-0.3, -0.25) is 10.1 Å². The van der Waals surface area contributed by atoms with Crippen molar-refractivity contribution in [2.75, 3.05) is 36.4 Å². The summed E-state index contributed by atoms with van der Waals surface area (Å²) in [5.41, 5.74) is -0.698. The lowest BCUT2D eigenvalue weighted by Crippen LogP contribution is -2.50. The number of nitro groups is 1. The second-order valence-electron chi connectivity index (χ2n) is 7.86. The molecule has 1 amide bonds. The molecule has 1 aliphatic heterocycles. The third-order valence-corrected chi connectivity index (χ3v) is 4.33. The zero-order valence-electron chi connectivity index (χ0n) is 17.5. The maximum atomic E-state index is 12.2. The van der Waals surface area contributed by atoms with E-state index < -0.39 is 10.5 Å². The number of rotatable bonds is 4. The quantitative estimate of drug-likeness (QED) is 0.592. The third-order valence-electron chi connectivity index (χ3n) is 4.33. The first-order chi connectivity index (χ1) is 14.1. The molecule has 0 unspecified atom stereocenters. The second-order valence-corrected chi connectivity index (χ2v) is 7.86. The number of piperazine rings is 1. The number of aromatic nitrogens is 3. The predicted octanol–water partition coefficient (Wildman–Crippen LogP) is 2.89. The van der Waals surface area contributed by atoms with E-state index in [4.69, 9.17) is 4.74 Å². The number of aryl methyl sites for hydroxylation is 1. The summed E-state index contributed by atoms with van der Waals surface area (Å²) in [6.45, 7) is 9.24. The Morgan fingerprint density at radius 1 is 1.17 bits per heavy atom. The molecule has 0 saturated carbocycles. The molecule has 30 heavy (non-hydrogen) atoms. The Hall–Kier alpha value is -3.50. The van der Waals surface area contributed by atoms with Crippen LogP contribution in [0.3, 0.4) is 0 Å². The Balaban J connectivity index is 1.74. The number of ether oxygens (including phenoxy) is 1. The first-order valence-electron chi connectivity index (χ1n) is 9.57. The van der Waals surface area contributed by atoms with E-state index in [1.54, 1.807) is 30.2 Å². The molecule has 1 fully saturated rings. The van der Waals surface area contributed by atoms with Gasteiger partial charge in [0.15, 0.2) is 0 Å². The van der Waals surface area contributed by atoms with Crippen molar-refractivity contribution >= 4 is 29.2 Å². The van der Waals surface area contributed by atoms with Gasteiger partial charge in [-0.15, -0.1) is 0 Å². The van der Waals surface area contributed by atoms with E-state index in [9.17, 15) is 14.9 Å². The number of pyridine rings is 1. The summed E-state index contributed by atoms with van der Waals surface area (Å²) in [6.07, 6.45) is 1.22. The number of amides is 1. The number of carbonyl (C=O) groups excluding carboxylic acids is 1. The van der Waals surface area contributed by atoms with Crippen molar-refractivity contribution in [3.05, 3.63) is 40.3 Å². The molecule has 0 spiro atoms. The Morgan fingerprint density at radius 2 is 1.87 bits per heavy atom. The molecular weight excluding hydrogens is 390 g/mol. The van der Waals surface area contributed by atoms with Crippen molar-refractivity contribution in [2.24, 2.45) is 0 Å². The Kier molecular flexibility index (Phi) is 5.99. The Bertz CT molecular complexity index is 937. The van der Waals surface area contributed by atoms with Crippen molar-refractivity contribution in [1.82, 2.24) is 19.9 Å². The van der Waals surface area contributed by atoms with Crippen molar-refractivity contribution in [3.63, 3.8) is 0 Å². The molecule has 0 aromatic carbocycles. The first kappa shape index (κ1) is 21.2. The predicted molar refractivity (Wildman–Crippen MR) is 111 cm³/mol. The topological polar surface area (TPSA) is 127 Å². The molecule has 11 nitrogen and oxygen atoms in total. The van der Waals surface area contributed by atoms with Crippen LogP contribution < -0.4 is 10.2 Å². The van der Waals surface area contributed by atoms with Gasteiger partial charge in [0.2, 0.25) is 5.82 Å². The van der Waals surface area contributed by atoms with Gasteiger partial charge in [-0.2, -0.15) is 0 Å². The van der Waals surface area contributed by atoms with E-state index in [1.807, 2.05) is 25.7 Å². The van der Waals surface area contributed by atoms with E-state index in [1.165, 1.54) is 6.07 Å². The van der Waals surface area contributed by atoms with Crippen molar-refractivity contribution in [2.45, 2.75) is 33.3 Å². The highest BCUT2D eigenvalue weighted by Crippen LogP contribution is 2.28. The smallest absolute Gasteiger partial charge is 0.410 e. The molecule has 1 aliphatic rings. The number of carbonyl (C=O) groups is 1. The fourth-order valence-electron chi connectivity index (χ4n) is 2.95. The molecular formula is C19H25N7O4. The molecule has 2 aromatic rings. The molecule has 0 atom stereocenters. The van der Waals surface area contributed by atoms with Crippen molar-refractivity contribution in [3.8, 4) is 0 Å². The summed E-state index contributed by atoms with van der Waals surface area (Å²) >= 11 is 0. The Morgan fingerprint density at radius 3 is 2.47 bits per heavy atom. The van der Waals surface area contributed by atoms with Gasteiger partial charge in [-0.05, 0) is 39.8 Å². The molecule has 1 saturated heterocycles. The highest BCUT2D eigenvalue weighted by atomic mass is 16.6. The van der Waals surface area contributed by atoms with Gasteiger partial charge >= 0.3 is 11.8 Å². The molecule has 0 radical (unpaired) electrons. The van der Waals surface area contributed by atoms with E-state index in [-0.39, 0.29) is 17.6 Å². The average Bonchev–Trinajstić information content (AvgIpc) is 2.66. The molecule has 0 aliphatic carbocycles. The summed E-state index contributed by atoms with van der Waals surface area (Å²) in [7, 11) is 0. The minimum atomic E-state index is -0.548. The summed E-state index contributed by atoms with van der Waals surface area (Å²) in [6, 6.07) is 4.64. The second kappa shape index (κ2) is 8.47. The van der Waals surface area contributed by atoms with Crippen LogP contribution in [-0.4, -0.2) is 62.6 Å². The average molecular weight is 415 g/mol. The molecule has 11 heteroatoms. The lowest BCUT2D eigenvalue weighted by Gasteiger charge is -2.36. The summed E-state index contributed by atoms with van der Waals surface area (Å²) < 4.78 is 5.41. The lowest BCUT2D eigenvalue weighted by molar-refractivity contribution is -0.384. The zero-order chi connectivity index (χ0) is 21.9. The molecule has 1 N–H and O–H groups in total. The van der Waals surface area contributed by atoms with Gasteiger partial charge in [-0.25, -0.2) is 19.7 Å².